The summed E-state index contributed by atoms with van der Waals surface area (Å²) >= 11 is 0. The third-order valence-electron chi connectivity index (χ3n) is 1.71. The Morgan fingerprint density at radius 2 is 2.21 bits per heavy atom. The lowest BCUT2D eigenvalue weighted by Gasteiger charge is -2.02. The third kappa shape index (κ3) is 1.71. The lowest BCUT2D eigenvalue weighted by molar-refractivity contribution is 0.288. The fourth-order valence-corrected chi connectivity index (χ4v) is 1.22. The van der Waals surface area contributed by atoms with E-state index in [2.05, 4.69) is 9.64 Å². The largest absolute Gasteiger partial charge is 0.707 e. The molecule has 0 unspecified atom stereocenters. The highest BCUT2D eigenvalue weighted by Crippen LogP contribution is 2.21. The van der Waals surface area contributed by atoms with Crippen LogP contribution in [0.2, 0.25) is 0 Å². The number of hydrogen-bond donors (Lipinski definition) is 2. The number of aromatic nitrogens is 1. The smallest absolute Gasteiger partial charge is 0.512 e. The molecule has 0 aliphatic heterocycles. The molecule has 2 N–H and O–H groups in total. The van der Waals surface area contributed by atoms with Crippen molar-refractivity contribution >= 4 is 18.4 Å². The summed E-state index contributed by atoms with van der Waals surface area (Å²) in [5, 5.41) is 17.1. The molecule has 1 heterocycles. The van der Waals surface area contributed by atoms with Gasteiger partial charge in [-0.05, 0) is 12.1 Å². The first kappa shape index (κ1) is 9.05. The van der Waals surface area contributed by atoms with Gasteiger partial charge in [-0.15, -0.1) is 0 Å². The summed E-state index contributed by atoms with van der Waals surface area (Å²) in [5.74, 6) is 0.891. The number of hydrogen-bond acceptors (Lipinski definition) is 5. The van der Waals surface area contributed by atoms with E-state index in [0.717, 1.165) is 0 Å². The second-order valence-corrected chi connectivity index (χ2v) is 2.81. The van der Waals surface area contributed by atoms with Crippen LogP contribution in [0, 0.1) is 6.92 Å². The van der Waals surface area contributed by atoms with Gasteiger partial charge in [-0.2, -0.15) is 0 Å². The lowest BCUT2D eigenvalue weighted by atomic mass is 10.2. The van der Waals surface area contributed by atoms with Gasteiger partial charge < -0.3 is 19.1 Å². The van der Waals surface area contributed by atoms with Crippen LogP contribution in [0.1, 0.15) is 5.89 Å². The summed E-state index contributed by atoms with van der Waals surface area (Å²) in [5.41, 5.74) is 1.27. The van der Waals surface area contributed by atoms with E-state index in [0.29, 0.717) is 22.7 Å². The number of benzene rings is 1. The van der Waals surface area contributed by atoms with Crippen LogP contribution < -0.4 is 4.65 Å². The molecule has 72 valence electrons. The first-order chi connectivity index (χ1) is 6.65. The average Bonchev–Trinajstić information content (AvgIpc) is 2.42. The van der Waals surface area contributed by atoms with E-state index in [9.17, 15) is 0 Å². The Labute approximate surface area is 80.1 Å². The average molecular weight is 193 g/mol. The molecular weight excluding hydrogens is 185 g/mol. The quantitative estimate of drug-likeness (QED) is 0.678. The van der Waals surface area contributed by atoms with Gasteiger partial charge in [-0.3, -0.25) is 0 Å². The molecule has 0 aliphatic carbocycles. The fraction of sp³-hybridized carbons (Fsp3) is 0.125. The molecule has 0 fully saturated rings. The van der Waals surface area contributed by atoms with E-state index >= 15 is 0 Å². The lowest BCUT2D eigenvalue weighted by Crippen LogP contribution is -2.20. The zero-order valence-corrected chi connectivity index (χ0v) is 7.47. The van der Waals surface area contributed by atoms with Crippen molar-refractivity contribution in [3.63, 3.8) is 0 Å². The predicted octanol–water partition coefficient (Wildman–Crippen LogP) is 0.485. The first-order valence-electron chi connectivity index (χ1n) is 4.05. The van der Waals surface area contributed by atoms with Crippen molar-refractivity contribution in [3.05, 3.63) is 24.1 Å². The third-order valence-corrected chi connectivity index (χ3v) is 1.71. The highest BCUT2D eigenvalue weighted by molar-refractivity contribution is 6.33. The Hall–Kier alpha value is -1.53. The molecule has 0 spiro atoms. The molecule has 2 rings (SSSR count). The maximum absolute atomic E-state index is 8.57. The van der Waals surface area contributed by atoms with Crippen molar-refractivity contribution in [3.8, 4) is 5.75 Å². The first-order valence-corrected chi connectivity index (χ1v) is 4.05. The number of oxazole rings is 1. The van der Waals surface area contributed by atoms with Crippen LogP contribution in [0.15, 0.2) is 22.6 Å². The predicted molar refractivity (Wildman–Crippen MR) is 49.6 cm³/mol. The number of aryl methyl sites for hydroxylation is 1. The Kier molecular flexibility index (Phi) is 2.15. The normalized spacial score (nSPS) is 10.5. The topological polar surface area (TPSA) is 75.7 Å². The molecule has 0 bridgehead atoms. The van der Waals surface area contributed by atoms with Gasteiger partial charge in [0.1, 0.15) is 11.3 Å². The van der Waals surface area contributed by atoms with Gasteiger partial charge in [0, 0.05) is 13.0 Å². The van der Waals surface area contributed by atoms with Crippen molar-refractivity contribution in [1.29, 1.82) is 0 Å². The Bertz CT molecular complexity index is 454. The Morgan fingerprint density at radius 3 is 2.93 bits per heavy atom. The van der Waals surface area contributed by atoms with E-state index in [-0.39, 0.29) is 0 Å². The van der Waals surface area contributed by atoms with E-state index in [4.69, 9.17) is 14.5 Å². The van der Waals surface area contributed by atoms with Crippen LogP contribution in [0.25, 0.3) is 11.1 Å². The highest BCUT2D eigenvalue weighted by atomic mass is 16.6. The van der Waals surface area contributed by atoms with Crippen LogP contribution in [0.5, 0.6) is 5.75 Å². The minimum Gasteiger partial charge on any atom is -0.512 e. The van der Waals surface area contributed by atoms with E-state index in [1.807, 2.05) is 0 Å². The Balaban J connectivity index is 2.40. The van der Waals surface area contributed by atoms with Gasteiger partial charge in [0.05, 0.1) is 0 Å². The Morgan fingerprint density at radius 1 is 1.43 bits per heavy atom. The van der Waals surface area contributed by atoms with Crippen LogP contribution in [0.4, 0.5) is 0 Å². The molecule has 14 heavy (non-hydrogen) atoms. The van der Waals surface area contributed by atoms with Crippen molar-refractivity contribution < 1.29 is 19.1 Å². The van der Waals surface area contributed by atoms with E-state index in [1.165, 1.54) is 0 Å². The standard InChI is InChI=1S/C8H8BNO4/c1-5-10-7-4-6(14-9(11)12)2-3-8(7)13-5/h2-4,11-12H,1H3. The second-order valence-electron chi connectivity index (χ2n) is 2.81. The van der Waals surface area contributed by atoms with Crippen molar-refractivity contribution in [2.75, 3.05) is 0 Å². The molecule has 1 aromatic heterocycles. The van der Waals surface area contributed by atoms with Crippen molar-refractivity contribution in [2.24, 2.45) is 0 Å². The van der Waals surface area contributed by atoms with Crippen LogP contribution >= 0.6 is 0 Å². The van der Waals surface area contributed by atoms with Gasteiger partial charge in [-0.1, -0.05) is 0 Å². The summed E-state index contributed by atoms with van der Waals surface area (Å²) in [7, 11) is -1.82. The van der Waals surface area contributed by atoms with Gasteiger partial charge >= 0.3 is 7.32 Å². The SMILES string of the molecule is Cc1nc2cc(OB(O)O)ccc2o1. The molecule has 1 aromatic carbocycles. The molecule has 0 aliphatic rings. The van der Waals surface area contributed by atoms with Gasteiger partial charge in [0.15, 0.2) is 11.5 Å². The maximum Gasteiger partial charge on any atom is 0.707 e. The number of fused-ring (bicyclic) bond motifs is 1. The number of nitrogens with zero attached hydrogens (tertiary/aromatic N) is 1. The van der Waals surface area contributed by atoms with Crippen molar-refractivity contribution in [2.45, 2.75) is 6.92 Å². The molecule has 2 aromatic rings. The van der Waals surface area contributed by atoms with Gasteiger partial charge in [0.25, 0.3) is 0 Å². The molecule has 0 atom stereocenters. The van der Waals surface area contributed by atoms with Gasteiger partial charge in [0.2, 0.25) is 0 Å². The fourth-order valence-electron chi connectivity index (χ4n) is 1.22. The summed E-state index contributed by atoms with van der Waals surface area (Å²) in [4.78, 5) is 4.07. The van der Waals surface area contributed by atoms with E-state index < -0.39 is 7.32 Å². The zero-order valence-electron chi connectivity index (χ0n) is 7.47. The molecule has 0 saturated heterocycles. The summed E-state index contributed by atoms with van der Waals surface area (Å²) in [6.07, 6.45) is 0. The minimum atomic E-state index is -1.82. The maximum atomic E-state index is 8.57. The molecule has 0 amide bonds. The van der Waals surface area contributed by atoms with Crippen LogP contribution in [-0.2, 0) is 0 Å². The molecule has 5 nitrogen and oxygen atoms in total. The molecule has 0 radical (unpaired) electrons. The molecule has 0 saturated carbocycles. The number of rotatable bonds is 2. The summed E-state index contributed by atoms with van der Waals surface area (Å²) in [6.45, 7) is 1.74. The van der Waals surface area contributed by atoms with Gasteiger partial charge in [-0.25, -0.2) is 4.98 Å². The monoisotopic (exact) mass is 193 g/mol. The second kappa shape index (κ2) is 3.32. The minimum absolute atomic E-state index is 0.334. The molecule has 6 heteroatoms. The van der Waals surface area contributed by atoms with Crippen LogP contribution in [-0.4, -0.2) is 22.4 Å². The molecular formula is C8H8BNO4. The summed E-state index contributed by atoms with van der Waals surface area (Å²) in [6, 6.07) is 4.81. The highest BCUT2D eigenvalue weighted by Gasteiger charge is 2.12. The van der Waals surface area contributed by atoms with E-state index in [1.54, 1.807) is 25.1 Å². The zero-order chi connectivity index (χ0) is 10.1. The summed E-state index contributed by atoms with van der Waals surface area (Å²) < 4.78 is 9.90. The van der Waals surface area contributed by atoms with Crippen molar-refractivity contribution in [1.82, 2.24) is 4.98 Å². The van der Waals surface area contributed by atoms with Crippen LogP contribution in [0.3, 0.4) is 0 Å².